The Bertz CT molecular complexity index is 1780. The number of hydrogen-bond acceptors (Lipinski definition) is 15. The maximum absolute atomic E-state index is 11.5. The topological polar surface area (TPSA) is 279 Å². The van der Waals surface area contributed by atoms with Crippen molar-refractivity contribution < 1.29 is 55.4 Å². The molecule has 0 saturated carbocycles. The van der Waals surface area contributed by atoms with Gasteiger partial charge in [-0.15, -0.1) is 0 Å². The lowest BCUT2D eigenvalue weighted by Crippen LogP contribution is -2.46. The second-order valence-corrected chi connectivity index (χ2v) is 13.4. The van der Waals surface area contributed by atoms with Crippen molar-refractivity contribution in [2.45, 2.75) is 68.2 Å². The van der Waals surface area contributed by atoms with Crippen molar-refractivity contribution in [3.8, 4) is 0 Å². The molecule has 17 nitrogen and oxygen atoms in total. The van der Waals surface area contributed by atoms with Crippen LogP contribution < -0.4 is 11.4 Å². The molecule has 0 amide bonds. The number of nitrogen functional groups attached to an aromatic ring is 1. The number of benzene rings is 2. The van der Waals surface area contributed by atoms with Crippen LogP contribution in [-0.2, 0) is 22.6 Å². The van der Waals surface area contributed by atoms with Crippen LogP contribution in [0.15, 0.2) is 72.2 Å². The van der Waals surface area contributed by atoms with Gasteiger partial charge in [0.1, 0.15) is 54.6 Å². The number of imidazole rings is 1. The van der Waals surface area contributed by atoms with Crippen LogP contribution >= 0.6 is 46.4 Å². The highest BCUT2D eigenvalue weighted by Crippen LogP contribution is 2.32. The smallest absolute Gasteiger partial charge is 0.351 e. The van der Waals surface area contributed by atoms with E-state index in [9.17, 15) is 15.0 Å². The summed E-state index contributed by atoms with van der Waals surface area (Å²) in [6.07, 6.45) is -4.62. The van der Waals surface area contributed by atoms with Gasteiger partial charge >= 0.3 is 5.69 Å². The Morgan fingerprint density at radius 2 is 1.46 bits per heavy atom. The average Bonchev–Trinajstić information content (AvgIpc) is 3.77. The van der Waals surface area contributed by atoms with Gasteiger partial charge in [0.25, 0.3) is 0 Å². The van der Waals surface area contributed by atoms with Gasteiger partial charge in [-0.1, -0.05) is 58.5 Å². The van der Waals surface area contributed by atoms with E-state index >= 15 is 0 Å². The second-order valence-electron chi connectivity index (χ2n) is 11.7. The zero-order valence-electron chi connectivity index (χ0n) is 28.2. The molecule has 4 aromatic rings. The lowest BCUT2D eigenvalue weighted by molar-refractivity contribution is -0.123. The first-order valence-electron chi connectivity index (χ1n) is 16.0. The lowest BCUT2D eigenvalue weighted by atomic mass is 10.0. The van der Waals surface area contributed by atoms with Crippen LogP contribution in [0.3, 0.4) is 0 Å². The first-order chi connectivity index (χ1) is 25.6. The molecule has 5 rings (SSSR count). The van der Waals surface area contributed by atoms with Crippen molar-refractivity contribution in [1.29, 1.82) is 0 Å². The predicted molar refractivity (Wildman–Crippen MR) is 197 cm³/mol. The summed E-state index contributed by atoms with van der Waals surface area (Å²) < 4.78 is 14.2. The standard InChI is InChI=1S/C18H14Cl4N2O.C9H13N3O5.C6H14O6/c19-13-2-1-12(16(21)7-13)10-25-18(9-24-6-5-23-11-24)15-4-3-14(20)8-17(15)22;10-5-1-2-12(9(16)11-5)8-7(15)6(14)4(3-13)17-8;7-1-3(9)5(11)6(12)4(10)2-8/h1-8,11,18H,9-10H2;1-2,4,6-8,13-15H,3H2,(H2,10,11,16);3-12H,1-2H2/t;4-,6-,7+,8-;3-,4-,5-,6-/m.11/s1. The summed E-state index contributed by atoms with van der Waals surface area (Å²) in [4.78, 5) is 19.1. The van der Waals surface area contributed by atoms with E-state index in [1.165, 1.54) is 12.3 Å². The van der Waals surface area contributed by atoms with Crippen molar-refractivity contribution in [1.82, 2.24) is 19.1 Å². The maximum atomic E-state index is 11.5. The molecule has 3 heterocycles. The third-order valence-corrected chi connectivity index (χ3v) is 9.01. The van der Waals surface area contributed by atoms with E-state index in [4.69, 9.17) is 97.4 Å². The van der Waals surface area contributed by atoms with E-state index in [1.54, 1.807) is 36.8 Å². The first-order valence-corrected chi connectivity index (χ1v) is 17.5. The lowest BCUT2D eigenvalue weighted by Gasteiger charge is -2.24. The van der Waals surface area contributed by atoms with Crippen LogP contribution in [0.5, 0.6) is 0 Å². The Morgan fingerprint density at radius 1 is 0.852 bits per heavy atom. The Hall–Kier alpha value is -2.95. The van der Waals surface area contributed by atoms with Crippen LogP contribution in [0.4, 0.5) is 5.82 Å². The molecule has 9 atom stereocenters. The summed E-state index contributed by atoms with van der Waals surface area (Å²) in [5, 5.41) is 82.6. The van der Waals surface area contributed by atoms with Crippen molar-refractivity contribution in [3.05, 3.63) is 109 Å². The molecule has 11 N–H and O–H groups in total. The van der Waals surface area contributed by atoms with Crippen LogP contribution in [-0.4, -0.2) is 128 Å². The molecular formula is C33H41Cl4N5O12. The number of nitrogens with two attached hydrogens (primary N) is 1. The Kier molecular flexibility index (Phi) is 18.5. The molecule has 0 radical (unpaired) electrons. The summed E-state index contributed by atoms with van der Waals surface area (Å²) in [6.45, 7) is -1.01. The molecule has 1 fully saturated rings. The van der Waals surface area contributed by atoms with E-state index < -0.39 is 74.5 Å². The molecule has 1 unspecified atom stereocenters. The zero-order chi connectivity index (χ0) is 40.1. The van der Waals surface area contributed by atoms with E-state index in [0.29, 0.717) is 33.2 Å². The third-order valence-electron chi connectivity index (χ3n) is 7.86. The Balaban J connectivity index is 0.000000235. The molecule has 2 aromatic heterocycles. The summed E-state index contributed by atoms with van der Waals surface area (Å²) in [6, 6.07) is 12.1. The summed E-state index contributed by atoms with van der Waals surface area (Å²) >= 11 is 24.5. The number of nitrogens with zero attached hydrogens (tertiary/aromatic N) is 4. The van der Waals surface area contributed by atoms with Gasteiger partial charge in [-0.05, 0) is 35.9 Å². The molecule has 0 bridgehead atoms. The Labute approximate surface area is 328 Å². The Morgan fingerprint density at radius 3 is 1.96 bits per heavy atom. The van der Waals surface area contributed by atoms with E-state index in [1.807, 2.05) is 22.9 Å². The van der Waals surface area contributed by atoms with Gasteiger partial charge in [-0.3, -0.25) is 4.57 Å². The third kappa shape index (κ3) is 12.8. The van der Waals surface area contributed by atoms with Gasteiger partial charge in [0.15, 0.2) is 6.23 Å². The SMILES string of the molecule is Clc1ccc(COC(Cn2ccnc2)c2ccc(Cl)cc2Cl)c(Cl)c1.Nc1ccn([C@@H]2O[C@H](CO)[C@@H](O)[C@@H]2O)c(=O)n1.OC[C@@H](O)[C@@H](O)[C@H](O)[C@H](O)CO. The molecular weight excluding hydrogens is 800 g/mol. The number of hydrogen-bond donors (Lipinski definition) is 10. The molecule has 1 saturated heterocycles. The van der Waals surface area contributed by atoms with Crippen LogP contribution in [0, 0.1) is 0 Å². The molecule has 0 aliphatic carbocycles. The van der Waals surface area contributed by atoms with Gasteiger partial charge in [0, 0.05) is 44.2 Å². The minimum atomic E-state index is -1.67. The quantitative estimate of drug-likeness (QED) is 0.0868. The number of ether oxygens (including phenoxy) is 2. The van der Waals surface area contributed by atoms with Crippen LogP contribution in [0.1, 0.15) is 23.5 Å². The molecule has 2 aromatic carbocycles. The van der Waals surface area contributed by atoms with Gasteiger partial charge in [0.2, 0.25) is 0 Å². The highest BCUT2D eigenvalue weighted by molar-refractivity contribution is 6.35. The monoisotopic (exact) mass is 839 g/mol. The van der Waals surface area contributed by atoms with Crippen molar-refractivity contribution in [2.75, 3.05) is 25.6 Å². The number of rotatable bonds is 13. The fourth-order valence-electron chi connectivity index (χ4n) is 4.82. The molecule has 298 valence electrons. The summed E-state index contributed by atoms with van der Waals surface area (Å²) in [5.41, 5.74) is 6.34. The number of aromatic nitrogens is 4. The number of aliphatic hydroxyl groups excluding tert-OH is 9. The highest BCUT2D eigenvalue weighted by atomic mass is 35.5. The number of aliphatic hydroxyl groups is 9. The van der Waals surface area contributed by atoms with Crippen molar-refractivity contribution in [3.63, 3.8) is 0 Å². The summed E-state index contributed by atoms with van der Waals surface area (Å²) in [7, 11) is 0. The van der Waals surface area contributed by atoms with Gasteiger partial charge in [0.05, 0.1) is 39.3 Å². The molecule has 21 heteroatoms. The van der Waals surface area contributed by atoms with Crippen LogP contribution in [0.25, 0.3) is 0 Å². The van der Waals surface area contributed by atoms with E-state index in [0.717, 1.165) is 15.7 Å². The molecule has 0 spiro atoms. The minimum Gasteiger partial charge on any atom is -0.394 e. The van der Waals surface area contributed by atoms with Crippen LogP contribution in [0.2, 0.25) is 20.1 Å². The zero-order valence-corrected chi connectivity index (χ0v) is 31.2. The minimum absolute atomic E-state index is 0.0537. The average molecular weight is 842 g/mol. The maximum Gasteiger partial charge on any atom is 0.351 e. The van der Waals surface area contributed by atoms with E-state index in [-0.39, 0.29) is 11.9 Å². The van der Waals surface area contributed by atoms with E-state index in [2.05, 4.69) is 9.97 Å². The molecule has 1 aliphatic heterocycles. The van der Waals surface area contributed by atoms with Gasteiger partial charge in [-0.25, -0.2) is 9.78 Å². The second kappa shape index (κ2) is 22.0. The van der Waals surface area contributed by atoms with Gasteiger partial charge in [-0.2, -0.15) is 4.98 Å². The first kappa shape index (κ1) is 45.4. The number of anilines is 1. The van der Waals surface area contributed by atoms with Crippen molar-refractivity contribution in [2.24, 2.45) is 0 Å². The predicted octanol–water partition coefficient (Wildman–Crippen LogP) is 0.306. The fraction of sp³-hybridized carbons (Fsp3) is 0.424. The van der Waals surface area contributed by atoms with Crippen molar-refractivity contribution >= 4 is 52.2 Å². The highest BCUT2D eigenvalue weighted by Gasteiger charge is 2.43. The largest absolute Gasteiger partial charge is 0.394 e. The van der Waals surface area contributed by atoms with Gasteiger partial charge < -0.3 is 65.7 Å². The normalized spacial score (nSPS) is 20.8. The fourth-order valence-corrected chi connectivity index (χ4v) is 5.81. The molecule has 1 aliphatic rings. The summed E-state index contributed by atoms with van der Waals surface area (Å²) in [5.74, 6) is 0.0537. The number of halogens is 4. The molecule has 54 heavy (non-hydrogen) atoms.